The van der Waals surface area contributed by atoms with Gasteiger partial charge < -0.3 is 15.7 Å². The third-order valence-corrected chi connectivity index (χ3v) is 4.42. The third kappa shape index (κ3) is 6.76. The number of nitrogens with one attached hydrogen (secondary N) is 2. The minimum Gasteiger partial charge on any atom is -0.480 e. The molecule has 3 N–H and O–H groups in total. The van der Waals surface area contributed by atoms with Crippen LogP contribution in [0.1, 0.15) is 41.3 Å². The van der Waals surface area contributed by atoms with E-state index in [0.29, 0.717) is 22.6 Å². The lowest BCUT2D eigenvalue weighted by atomic mass is 10.1. The highest BCUT2D eigenvalue weighted by molar-refractivity contribution is 6.30. The first-order valence-electron chi connectivity index (χ1n) is 9.19. The van der Waals surface area contributed by atoms with E-state index in [2.05, 4.69) is 10.6 Å². The Hall–Kier alpha value is -3.12. The topological polar surface area (TPSA) is 95.5 Å². The summed E-state index contributed by atoms with van der Waals surface area (Å²) in [5.74, 6) is -2.28. The van der Waals surface area contributed by atoms with E-state index in [1.54, 1.807) is 48.5 Å². The van der Waals surface area contributed by atoms with Crippen molar-refractivity contribution in [3.05, 3.63) is 75.9 Å². The Balaban J connectivity index is 2.30. The van der Waals surface area contributed by atoms with Gasteiger partial charge in [0.1, 0.15) is 11.7 Å². The van der Waals surface area contributed by atoms with Crippen LogP contribution in [0.2, 0.25) is 5.02 Å². The van der Waals surface area contributed by atoms with Gasteiger partial charge in [-0.2, -0.15) is 0 Å². The fourth-order valence-electron chi connectivity index (χ4n) is 2.57. The molecule has 0 radical (unpaired) electrons. The van der Waals surface area contributed by atoms with Crippen LogP contribution in [0, 0.1) is 6.92 Å². The molecule has 152 valence electrons. The number of halogens is 1. The summed E-state index contributed by atoms with van der Waals surface area (Å²) in [5.41, 5.74) is 1.96. The summed E-state index contributed by atoms with van der Waals surface area (Å²) in [6, 6.07) is 12.5. The van der Waals surface area contributed by atoms with Crippen LogP contribution in [0.15, 0.2) is 54.2 Å². The molecule has 0 fully saturated rings. The highest BCUT2D eigenvalue weighted by Gasteiger charge is 2.22. The predicted molar refractivity (Wildman–Crippen MR) is 113 cm³/mol. The molecule has 0 aliphatic heterocycles. The van der Waals surface area contributed by atoms with Gasteiger partial charge >= 0.3 is 5.97 Å². The first-order chi connectivity index (χ1) is 13.8. The van der Waals surface area contributed by atoms with Gasteiger partial charge in [0.2, 0.25) is 0 Å². The molecule has 2 aromatic carbocycles. The quantitative estimate of drug-likeness (QED) is 0.572. The number of hydrogen-bond acceptors (Lipinski definition) is 3. The fourth-order valence-corrected chi connectivity index (χ4v) is 2.69. The standard InChI is InChI=1S/C22H23ClN2O4/c1-3-4-18(22(28)29)24-21(27)19(13-15-7-11-17(23)12-8-15)25-20(26)16-9-5-14(2)6-10-16/h5-13,18H,3-4H2,1-2H3,(H,24,27)(H,25,26)(H,28,29)/b19-13+/t18-/m0/s1. The monoisotopic (exact) mass is 414 g/mol. The second-order valence-electron chi connectivity index (χ2n) is 6.58. The molecule has 0 spiro atoms. The Morgan fingerprint density at radius 3 is 2.24 bits per heavy atom. The van der Waals surface area contributed by atoms with Crippen molar-refractivity contribution in [1.82, 2.24) is 10.6 Å². The van der Waals surface area contributed by atoms with E-state index in [1.165, 1.54) is 6.08 Å². The van der Waals surface area contributed by atoms with Crippen molar-refractivity contribution in [1.29, 1.82) is 0 Å². The van der Waals surface area contributed by atoms with E-state index in [4.69, 9.17) is 11.6 Å². The SMILES string of the molecule is CCC[C@H](NC(=O)/C(=C\c1ccc(Cl)cc1)NC(=O)c1ccc(C)cc1)C(=O)O. The van der Waals surface area contributed by atoms with Crippen LogP contribution < -0.4 is 10.6 Å². The van der Waals surface area contributed by atoms with Gasteiger partial charge in [-0.15, -0.1) is 0 Å². The summed E-state index contributed by atoms with van der Waals surface area (Å²) >= 11 is 5.89. The Bertz CT molecular complexity index is 905. The number of carboxylic acid groups (broad SMARTS) is 1. The van der Waals surface area contributed by atoms with Crippen molar-refractivity contribution in [3.8, 4) is 0 Å². The first kappa shape index (κ1) is 22.2. The predicted octanol–water partition coefficient (Wildman–Crippen LogP) is 3.79. The molecule has 7 heteroatoms. The zero-order chi connectivity index (χ0) is 21.4. The van der Waals surface area contributed by atoms with Crippen molar-refractivity contribution >= 4 is 35.5 Å². The molecule has 0 aliphatic carbocycles. The number of aliphatic carboxylic acids is 1. The molecular weight excluding hydrogens is 392 g/mol. The maximum Gasteiger partial charge on any atom is 0.326 e. The molecule has 0 aromatic heterocycles. The number of benzene rings is 2. The second-order valence-corrected chi connectivity index (χ2v) is 7.02. The number of hydrogen-bond donors (Lipinski definition) is 3. The lowest BCUT2D eigenvalue weighted by Gasteiger charge is -2.16. The number of carbonyl (C=O) groups is 3. The Morgan fingerprint density at radius 1 is 1.07 bits per heavy atom. The van der Waals surface area contributed by atoms with Gasteiger partial charge in [0.05, 0.1) is 0 Å². The number of rotatable bonds is 8. The molecule has 0 saturated carbocycles. The summed E-state index contributed by atoms with van der Waals surface area (Å²) < 4.78 is 0. The zero-order valence-corrected chi connectivity index (χ0v) is 17.0. The van der Waals surface area contributed by atoms with Crippen LogP contribution in [0.3, 0.4) is 0 Å². The van der Waals surface area contributed by atoms with Crippen LogP contribution in [-0.4, -0.2) is 28.9 Å². The molecule has 1 atom stereocenters. The number of carboxylic acids is 1. The summed E-state index contributed by atoms with van der Waals surface area (Å²) in [6.07, 6.45) is 2.34. The summed E-state index contributed by atoms with van der Waals surface area (Å²) in [4.78, 5) is 36.7. The molecule has 0 bridgehead atoms. The van der Waals surface area contributed by atoms with Crippen LogP contribution in [-0.2, 0) is 9.59 Å². The number of aryl methyl sites for hydroxylation is 1. The van der Waals surface area contributed by atoms with Crippen LogP contribution in [0.25, 0.3) is 6.08 Å². The van der Waals surface area contributed by atoms with E-state index in [9.17, 15) is 19.5 Å². The van der Waals surface area contributed by atoms with E-state index in [0.717, 1.165) is 5.56 Å². The smallest absolute Gasteiger partial charge is 0.326 e. The minimum atomic E-state index is -1.13. The van der Waals surface area contributed by atoms with Gasteiger partial charge in [-0.05, 0) is 49.2 Å². The molecule has 0 heterocycles. The van der Waals surface area contributed by atoms with E-state index >= 15 is 0 Å². The van der Waals surface area contributed by atoms with Crippen molar-refractivity contribution in [2.24, 2.45) is 0 Å². The first-order valence-corrected chi connectivity index (χ1v) is 9.57. The van der Waals surface area contributed by atoms with Gasteiger partial charge in [0, 0.05) is 10.6 Å². The summed E-state index contributed by atoms with van der Waals surface area (Å²) in [6.45, 7) is 3.73. The highest BCUT2D eigenvalue weighted by Crippen LogP contribution is 2.13. The van der Waals surface area contributed by atoms with Gasteiger partial charge in [0.25, 0.3) is 11.8 Å². The van der Waals surface area contributed by atoms with E-state index in [-0.39, 0.29) is 12.1 Å². The van der Waals surface area contributed by atoms with E-state index in [1.807, 2.05) is 13.8 Å². The summed E-state index contributed by atoms with van der Waals surface area (Å²) in [5, 5.41) is 14.9. The molecule has 2 rings (SSSR count). The van der Waals surface area contributed by atoms with Gasteiger partial charge in [0.15, 0.2) is 0 Å². The molecule has 6 nitrogen and oxygen atoms in total. The van der Waals surface area contributed by atoms with Crippen molar-refractivity contribution in [3.63, 3.8) is 0 Å². The fraction of sp³-hybridized carbons (Fsp3) is 0.227. The molecule has 0 unspecified atom stereocenters. The lowest BCUT2D eigenvalue weighted by molar-refractivity contribution is -0.141. The largest absolute Gasteiger partial charge is 0.480 e. The zero-order valence-electron chi connectivity index (χ0n) is 16.2. The third-order valence-electron chi connectivity index (χ3n) is 4.17. The number of carbonyl (C=O) groups excluding carboxylic acids is 2. The van der Waals surface area contributed by atoms with E-state index < -0.39 is 23.8 Å². The Morgan fingerprint density at radius 2 is 1.69 bits per heavy atom. The van der Waals surface area contributed by atoms with Gasteiger partial charge in [-0.25, -0.2) is 4.79 Å². The average molecular weight is 415 g/mol. The summed E-state index contributed by atoms with van der Waals surface area (Å²) in [7, 11) is 0. The minimum absolute atomic E-state index is 0.0553. The molecule has 2 amide bonds. The maximum atomic E-state index is 12.7. The van der Waals surface area contributed by atoms with Crippen LogP contribution in [0.4, 0.5) is 0 Å². The van der Waals surface area contributed by atoms with Crippen molar-refractivity contribution in [2.75, 3.05) is 0 Å². The molecule has 29 heavy (non-hydrogen) atoms. The number of amides is 2. The Kier molecular flexibility index (Phi) is 7.98. The Labute approximate surface area is 174 Å². The molecule has 0 saturated heterocycles. The van der Waals surface area contributed by atoms with Gasteiger partial charge in [-0.1, -0.05) is 54.8 Å². The lowest BCUT2D eigenvalue weighted by Crippen LogP contribution is -2.44. The van der Waals surface area contributed by atoms with Crippen LogP contribution in [0.5, 0.6) is 0 Å². The molecular formula is C22H23ClN2O4. The van der Waals surface area contributed by atoms with Crippen LogP contribution >= 0.6 is 11.6 Å². The van der Waals surface area contributed by atoms with Gasteiger partial charge in [-0.3, -0.25) is 9.59 Å². The van der Waals surface area contributed by atoms with Crippen molar-refractivity contribution < 1.29 is 19.5 Å². The maximum absolute atomic E-state index is 12.7. The normalized spacial score (nSPS) is 12.2. The average Bonchev–Trinajstić information content (AvgIpc) is 2.69. The molecule has 2 aromatic rings. The second kappa shape index (κ2) is 10.4. The molecule has 0 aliphatic rings. The highest BCUT2D eigenvalue weighted by atomic mass is 35.5. The van der Waals surface area contributed by atoms with Crippen molar-refractivity contribution in [2.45, 2.75) is 32.7 Å².